The van der Waals surface area contributed by atoms with Gasteiger partial charge in [0.25, 0.3) is 0 Å². The van der Waals surface area contributed by atoms with Crippen molar-refractivity contribution in [2.75, 3.05) is 5.75 Å². The molecule has 1 aromatic rings. The molecule has 3 nitrogen and oxygen atoms in total. The Labute approximate surface area is 100.0 Å². The summed E-state index contributed by atoms with van der Waals surface area (Å²) < 4.78 is 36.9. The van der Waals surface area contributed by atoms with Gasteiger partial charge in [0.2, 0.25) is 0 Å². The van der Waals surface area contributed by atoms with Crippen LogP contribution in [0.15, 0.2) is 23.1 Å². The lowest BCUT2D eigenvalue weighted by atomic mass is 10.0. The van der Waals surface area contributed by atoms with Gasteiger partial charge in [-0.1, -0.05) is 6.07 Å². The van der Waals surface area contributed by atoms with E-state index in [9.17, 15) is 12.8 Å². The van der Waals surface area contributed by atoms with Gasteiger partial charge in [0.05, 0.1) is 10.6 Å². The molecule has 2 aliphatic rings. The molecule has 0 spiro atoms. The Morgan fingerprint density at radius 3 is 2.71 bits per heavy atom. The van der Waals surface area contributed by atoms with Crippen LogP contribution >= 0.6 is 0 Å². The molecule has 1 unspecified atom stereocenters. The van der Waals surface area contributed by atoms with Crippen LogP contribution in [0.4, 0.5) is 4.39 Å². The molecule has 1 aromatic carbocycles. The van der Waals surface area contributed by atoms with Crippen LogP contribution in [0, 0.1) is 5.82 Å². The normalized spacial score (nSPS) is 26.5. The van der Waals surface area contributed by atoms with E-state index < -0.39 is 15.7 Å². The van der Waals surface area contributed by atoms with Crippen molar-refractivity contribution in [3.8, 4) is 0 Å². The van der Waals surface area contributed by atoms with Gasteiger partial charge in [-0.15, -0.1) is 0 Å². The van der Waals surface area contributed by atoms with Crippen molar-refractivity contribution in [3.63, 3.8) is 0 Å². The van der Waals surface area contributed by atoms with Crippen molar-refractivity contribution in [1.82, 2.24) is 5.32 Å². The van der Waals surface area contributed by atoms with Crippen LogP contribution in [0.2, 0.25) is 0 Å². The monoisotopic (exact) mass is 255 g/mol. The summed E-state index contributed by atoms with van der Waals surface area (Å²) in [4.78, 5) is 0.168. The largest absolute Gasteiger partial charge is 0.307 e. The predicted molar refractivity (Wildman–Crippen MR) is 62.0 cm³/mol. The molecule has 92 valence electrons. The van der Waals surface area contributed by atoms with E-state index in [1.807, 2.05) is 0 Å². The Hall–Kier alpha value is -0.940. The highest BCUT2D eigenvalue weighted by Crippen LogP contribution is 2.35. The van der Waals surface area contributed by atoms with Crippen molar-refractivity contribution in [1.29, 1.82) is 0 Å². The Kier molecular flexibility index (Phi) is 2.48. The quantitative estimate of drug-likeness (QED) is 0.876. The summed E-state index contributed by atoms with van der Waals surface area (Å²) >= 11 is 0. The van der Waals surface area contributed by atoms with Gasteiger partial charge in [-0.25, -0.2) is 12.8 Å². The highest BCUT2D eigenvalue weighted by atomic mass is 32.2. The summed E-state index contributed by atoms with van der Waals surface area (Å²) in [6.07, 6.45) is 2.89. The zero-order chi connectivity index (χ0) is 12.0. The lowest BCUT2D eigenvalue weighted by Crippen LogP contribution is -2.31. The van der Waals surface area contributed by atoms with E-state index in [1.54, 1.807) is 6.07 Å². The van der Waals surface area contributed by atoms with Gasteiger partial charge in [0.1, 0.15) is 5.82 Å². The molecule has 0 aromatic heterocycles. The Morgan fingerprint density at radius 2 is 2.00 bits per heavy atom. The van der Waals surface area contributed by atoms with Gasteiger partial charge in [0, 0.05) is 12.1 Å². The highest BCUT2D eigenvalue weighted by Gasteiger charge is 2.33. The van der Waals surface area contributed by atoms with Gasteiger partial charge in [0.15, 0.2) is 9.84 Å². The summed E-state index contributed by atoms with van der Waals surface area (Å²) in [6, 6.07) is 4.65. The van der Waals surface area contributed by atoms with Crippen molar-refractivity contribution in [2.45, 2.75) is 36.2 Å². The molecular formula is C12H14FNO2S. The first-order valence-electron chi connectivity index (χ1n) is 5.84. The van der Waals surface area contributed by atoms with Gasteiger partial charge in [-0.2, -0.15) is 0 Å². The third kappa shape index (κ3) is 2.09. The van der Waals surface area contributed by atoms with Gasteiger partial charge >= 0.3 is 0 Å². The number of fused-ring (bicyclic) bond motifs is 1. The molecule has 1 heterocycles. The van der Waals surface area contributed by atoms with E-state index in [0.717, 1.165) is 24.5 Å². The third-order valence-corrected chi connectivity index (χ3v) is 5.17. The van der Waals surface area contributed by atoms with Crippen LogP contribution in [0.1, 0.15) is 30.9 Å². The molecule has 0 saturated heterocycles. The lowest BCUT2D eigenvalue weighted by Gasteiger charge is -2.26. The first-order valence-corrected chi connectivity index (χ1v) is 7.50. The Morgan fingerprint density at radius 1 is 1.24 bits per heavy atom. The highest BCUT2D eigenvalue weighted by molar-refractivity contribution is 7.91. The standard InChI is InChI=1S/C12H14FNO2S/c13-8-1-4-10-11(14-9-2-3-9)5-6-17(15,16)12(10)7-8/h1,4,7,9,11,14H,2-3,5-6H2. The fourth-order valence-electron chi connectivity index (χ4n) is 2.31. The summed E-state index contributed by atoms with van der Waals surface area (Å²) in [7, 11) is -3.29. The lowest BCUT2D eigenvalue weighted by molar-refractivity contribution is 0.486. The van der Waals surface area contributed by atoms with Crippen molar-refractivity contribution in [2.24, 2.45) is 0 Å². The zero-order valence-electron chi connectivity index (χ0n) is 9.32. The molecule has 1 N–H and O–H groups in total. The van der Waals surface area contributed by atoms with Crippen LogP contribution in [0.3, 0.4) is 0 Å². The minimum atomic E-state index is -3.29. The smallest absolute Gasteiger partial charge is 0.178 e. The average molecular weight is 255 g/mol. The van der Waals surface area contributed by atoms with Crippen LogP contribution < -0.4 is 5.32 Å². The molecule has 0 bridgehead atoms. The second-order valence-electron chi connectivity index (χ2n) is 4.78. The molecular weight excluding hydrogens is 241 g/mol. The molecule has 1 saturated carbocycles. The van der Waals surface area contributed by atoms with Crippen molar-refractivity contribution >= 4 is 9.84 Å². The van der Waals surface area contributed by atoms with Crippen molar-refractivity contribution in [3.05, 3.63) is 29.6 Å². The number of halogens is 1. The van der Waals surface area contributed by atoms with E-state index in [2.05, 4.69) is 5.32 Å². The summed E-state index contributed by atoms with van der Waals surface area (Å²) in [5, 5.41) is 3.42. The number of benzene rings is 1. The Balaban J connectivity index is 2.03. The van der Waals surface area contributed by atoms with Crippen LogP contribution in [-0.4, -0.2) is 20.2 Å². The second kappa shape index (κ2) is 3.78. The topological polar surface area (TPSA) is 46.2 Å². The maximum atomic E-state index is 13.2. The van der Waals surface area contributed by atoms with Crippen LogP contribution in [-0.2, 0) is 9.84 Å². The molecule has 1 fully saturated rings. The number of nitrogens with one attached hydrogen (secondary N) is 1. The number of rotatable bonds is 2. The average Bonchev–Trinajstić information content (AvgIpc) is 3.07. The molecule has 1 atom stereocenters. The molecule has 0 amide bonds. The first kappa shape index (κ1) is 11.2. The van der Waals surface area contributed by atoms with Crippen molar-refractivity contribution < 1.29 is 12.8 Å². The van der Waals surface area contributed by atoms with E-state index in [-0.39, 0.29) is 16.7 Å². The maximum absolute atomic E-state index is 13.2. The van der Waals surface area contributed by atoms with Crippen LogP contribution in [0.5, 0.6) is 0 Å². The summed E-state index contributed by atoms with van der Waals surface area (Å²) in [6.45, 7) is 0. The Bertz CT molecular complexity index is 552. The molecule has 1 aliphatic carbocycles. The van der Waals surface area contributed by atoms with E-state index >= 15 is 0 Å². The van der Waals surface area contributed by atoms with Crippen LogP contribution in [0.25, 0.3) is 0 Å². The summed E-state index contributed by atoms with van der Waals surface area (Å²) in [5.74, 6) is -0.382. The van der Waals surface area contributed by atoms with Gasteiger partial charge in [-0.3, -0.25) is 0 Å². The zero-order valence-corrected chi connectivity index (χ0v) is 10.1. The minimum Gasteiger partial charge on any atom is -0.307 e. The van der Waals surface area contributed by atoms with Gasteiger partial charge < -0.3 is 5.32 Å². The maximum Gasteiger partial charge on any atom is 0.178 e. The SMILES string of the molecule is O=S1(=O)CCC(NC2CC2)c2ccc(F)cc21. The van der Waals surface area contributed by atoms with E-state index in [0.29, 0.717) is 12.5 Å². The second-order valence-corrected chi connectivity index (χ2v) is 6.86. The fourth-order valence-corrected chi connectivity index (χ4v) is 3.94. The third-order valence-electron chi connectivity index (χ3n) is 3.38. The minimum absolute atomic E-state index is 0.0571. The molecule has 0 radical (unpaired) electrons. The summed E-state index contributed by atoms with van der Waals surface area (Å²) in [5.41, 5.74) is 0.726. The number of sulfone groups is 1. The van der Waals surface area contributed by atoms with E-state index in [1.165, 1.54) is 6.07 Å². The number of hydrogen-bond acceptors (Lipinski definition) is 3. The van der Waals surface area contributed by atoms with Gasteiger partial charge in [-0.05, 0) is 37.0 Å². The fraction of sp³-hybridized carbons (Fsp3) is 0.500. The number of hydrogen-bond donors (Lipinski definition) is 1. The molecule has 5 heteroatoms. The predicted octanol–water partition coefficient (Wildman–Crippen LogP) is 1.80. The molecule has 17 heavy (non-hydrogen) atoms. The molecule has 1 aliphatic heterocycles. The molecule has 3 rings (SSSR count). The first-order chi connectivity index (χ1) is 8.06. The van der Waals surface area contributed by atoms with E-state index in [4.69, 9.17) is 0 Å².